The Bertz CT molecular complexity index is 1260. The molecule has 2 fully saturated rings. The zero-order valence-electron chi connectivity index (χ0n) is 19.4. The molecule has 1 aliphatic carbocycles. The summed E-state index contributed by atoms with van der Waals surface area (Å²) < 4.78 is 24.3. The van der Waals surface area contributed by atoms with Gasteiger partial charge in [-0.15, -0.1) is 11.3 Å². The van der Waals surface area contributed by atoms with Gasteiger partial charge in [-0.25, -0.2) is 14.2 Å². The summed E-state index contributed by atoms with van der Waals surface area (Å²) in [4.78, 5) is 36.2. The molecule has 2 aromatic rings. The SMILES string of the molecule is COC(=O)C1=C(CN2CCOC[C@H]2C(=O)O)NC(c2nc(C3CC3)cs2)=N[C@H]1c1ccc(F)cc1Cl. The van der Waals surface area contributed by atoms with Gasteiger partial charge in [0.25, 0.3) is 0 Å². The number of benzene rings is 1. The van der Waals surface area contributed by atoms with Crippen LogP contribution in [0.3, 0.4) is 0 Å². The van der Waals surface area contributed by atoms with E-state index < -0.39 is 29.8 Å². The van der Waals surface area contributed by atoms with Gasteiger partial charge in [0.1, 0.15) is 17.9 Å². The Morgan fingerprint density at radius 1 is 1.39 bits per heavy atom. The van der Waals surface area contributed by atoms with Crippen molar-refractivity contribution in [3.8, 4) is 0 Å². The molecule has 1 aromatic carbocycles. The van der Waals surface area contributed by atoms with Gasteiger partial charge >= 0.3 is 11.9 Å². The molecule has 0 amide bonds. The summed E-state index contributed by atoms with van der Waals surface area (Å²) in [6.07, 6.45) is 2.20. The fourth-order valence-electron chi connectivity index (χ4n) is 4.35. The molecule has 0 radical (unpaired) electrons. The maximum absolute atomic E-state index is 13.8. The Morgan fingerprint density at radius 2 is 2.19 bits per heavy atom. The number of morpholine rings is 1. The van der Waals surface area contributed by atoms with Crippen molar-refractivity contribution in [3.05, 3.63) is 62.0 Å². The molecule has 2 N–H and O–H groups in total. The number of aliphatic imine (C=N–C) groups is 1. The number of ether oxygens (including phenoxy) is 2. The Labute approximate surface area is 215 Å². The number of carbonyl (C=O) groups excluding carboxylic acids is 1. The Hall–Kier alpha value is -2.86. The van der Waals surface area contributed by atoms with Crippen molar-refractivity contribution >= 4 is 40.7 Å². The monoisotopic (exact) mass is 534 g/mol. The smallest absolute Gasteiger partial charge is 0.338 e. The van der Waals surface area contributed by atoms with Crippen LogP contribution in [0, 0.1) is 5.82 Å². The highest BCUT2D eigenvalue weighted by Crippen LogP contribution is 2.41. The molecule has 1 saturated heterocycles. The van der Waals surface area contributed by atoms with Crippen LogP contribution in [0.5, 0.6) is 0 Å². The second-order valence-corrected chi connectivity index (χ2v) is 10.1. The minimum absolute atomic E-state index is 0.0293. The predicted molar refractivity (Wildman–Crippen MR) is 131 cm³/mol. The molecule has 190 valence electrons. The molecule has 36 heavy (non-hydrogen) atoms. The molecule has 1 aromatic heterocycles. The average molecular weight is 535 g/mol. The second-order valence-electron chi connectivity index (χ2n) is 8.81. The number of aromatic nitrogens is 1. The number of carboxylic acid groups (broad SMARTS) is 1. The first-order valence-electron chi connectivity index (χ1n) is 11.5. The quantitative estimate of drug-likeness (QED) is 0.521. The van der Waals surface area contributed by atoms with E-state index in [0.717, 1.165) is 18.5 Å². The van der Waals surface area contributed by atoms with Gasteiger partial charge in [0.05, 0.1) is 31.6 Å². The van der Waals surface area contributed by atoms with Gasteiger partial charge in [-0.3, -0.25) is 14.7 Å². The number of rotatable bonds is 7. The maximum atomic E-state index is 13.8. The summed E-state index contributed by atoms with van der Waals surface area (Å²) >= 11 is 7.84. The van der Waals surface area contributed by atoms with E-state index in [1.807, 2.05) is 5.38 Å². The van der Waals surface area contributed by atoms with Crippen LogP contribution in [0.15, 0.2) is 39.8 Å². The van der Waals surface area contributed by atoms with E-state index in [2.05, 4.69) is 5.32 Å². The Kier molecular flexibility index (Phi) is 7.07. The van der Waals surface area contributed by atoms with Gasteiger partial charge in [0.2, 0.25) is 0 Å². The average Bonchev–Trinajstić information content (AvgIpc) is 3.59. The Balaban J connectivity index is 1.60. The number of nitrogens with one attached hydrogen (secondary N) is 1. The van der Waals surface area contributed by atoms with Crippen molar-refractivity contribution in [2.75, 3.05) is 33.4 Å². The van der Waals surface area contributed by atoms with Gasteiger partial charge in [0, 0.05) is 40.7 Å². The van der Waals surface area contributed by atoms with E-state index in [-0.39, 0.29) is 23.7 Å². The predicted octanol–water partition coefficient (Wildman–Crippen LogP) is 3.12. The molecule has 0 bridgehead atoms. The molecule has 2 aliphatic heterocycles. The number of nitrogens with zero attached hydrogens (tertiary/aromatic N) is 3. The van der Waals surface area contributed by atoms with Crippen LogP contribution in [-0.4, -0.2) is 72.2 Å². The normalized spacial score (nSPS) is 22.7. The summed E-state index contributed by atoms with van der Waals surface area (Å²) in [6.45, 7) is 0.839. The highest BCUT2D eigenvalue weighted by atomic mass is 35.5. The maximum Gasteiger partial charge on any atom is 0.338 e. The number of halogens is 2. The zero-order valence-corrected chi connectivity index (χ0v) is 20.9. The van der Waals surface area contributed by atoms with Gasteiger partial charge in [-0.1, -0.05) is 17.7 Å². The highest BCUT2D eigenvalue weighted by Gasteiger charge is 2.37. The van der Waals surface area contributed by atoms with Gasteiger partial charge in [-0.05, 0) is 25.0 Å². The lowest BCUT2D eigenvalue weighted by Crippen LogP contribution is -2.52. The van der Waals surface area contributed by atoms with Gasteiger partial charge in [-0.2, -0.15) is 0 Å². The van der Waals surface area contributed by atoms with E-state index in [4.69, 9.17) is 31.1 Å². The van der Waals surface area contributed by atoms with E-state index in [9.17, 15) is 19.1 Å². The number of carbonyl (C=O) groups is 2. The first-order chi connectivity index (χ1) is 17.4. The standard InChI is InChI=1S/C24H24ClFN4O5S/c1-34-24(33)19-16(9-30-6-7-35-10-18(30)23(31)32)27-21(22-28-17(11-36-22)12-2-3-12)29-20(19)14-5-4-13(26)8-15(14)25/h4-5,8,11-12,18,20H,2-3,6-7,9-10H2,1H3,(H,27,29)(H,31,32)/t18-,20-/m0/s1. The molecular weight excluding hydrogens is 511 g/mol. The lowest BCUT2D eigenvalue weighted by Gasteiger charge is -2.35. The molecule has 2 atom stereocenters. The fourth-order valence-corrected chi connectivity index (χ4v) is 5.47. The number of thiazole rings is 1. The van der Waals surface area contributed by atoms with Crippen molar-refractivity contribution in [1.82, 2.24) is 15.2 Å². The third-order valence-corrected chi connectivity index (χ3v) is 7.59. The molecule has 3 aliphatic rings. The van der Waals surface area contributed by atoms with Crippen molar-refractivity contribution in [2.45, 2.75) is 30.8 Å². The van der Waals surface area contributed by atoms with Crippen LogP contribution in [0.2, 0.25) is 5.02 Å². The number of carboxylic acids is 1. The summed E-state index contributed by atoms with van der Waals surface area (Å²) in [5.41, 5.74) is 2.02. The molecule has 0 unspecified atom stereocenters. The second kappa shape index (κ2) is 10.3. The summed E-state index contributed by atoms with van der Waals surface area (Å²) in [7, 11) is 1.26. The molecule has 5 rings (SSSR count). The van der Waals surface area contributed by atoms with Crippen LogP contribution in [0.1, 0.15) is 41.1 Å². The summed E-state index contributed by atoms with van der Waals surface area (Å²) in [5, 5.41) is 15.7. The molecule has 12 heteroatoms. The first-order valence-corrected chi connectivity index (χ1v) is 12.7. The fraction of sp³-hybridized carbons (Fsp3) is 0.417. The molecule has 3 heterocycles. The van der Waals surface area contributed by atoms with Crippen LogP contribution >= 0.6 is 22.9 Å². The number of esters is 1. The lowest BCUT2D eigenvalue weighted by molar-refractivity contribution is -0.149. The minimum Gasteiger partial charge on any atom is -0.480 e. The summed E-state index contributed by atoms with van der Waals surface area (Å²) in [6, 6.07) is 2.11. The number of hydrogen-bond donors (Lipinski definition) is 2. The van der Waals surface area contributed by atoms with Crippen molar-refractivity contribution < 1.29 is 28.6 Å². The number of hydrogen-bond acceptors (Lipinski definition) is 9. The van der Waals surface area contributed by atoms with Crippen molar-refractivity contribution in [2.24, 2.45) is 4.99 Å². The largest absolute Gasteiger partial charge is 0.480 e. The zero-order chi connectivity index (χ0) is 25.4. The first kappa shape index (κ1) is 24.8. The van der Waals surface area contributed by atoms with Crippen molar-refractivity contribution in [1.29, 1.82) is 0 Å². The summed E-state index contributed by atoms with van der Waals surface area (Å²) in [5.74, 6) is -1.31. The van der Waals surface area contributed by atoms with Gasteiger partial charge in [0.15, 0.2) is 10.8 Å². The molecule has 1 saturated carbocycles. The molecule has 0 spiro atoms. The van der Waals surface area contributed by atoms with Crippen LogP contribution in [-0.2, 0) is 19.1 Å². The third kappa shape index (κ3) is 5.01. The van der Waals surface area contributed by atoms with Crippen molar-refractivity contribution in [3.63, 3.8) is 0 Å². The highest BCUT2D eigenvalue weighted by molar-refractivity contribution is 7.11. The molecule has 9 nitrogen and oxygen atoms in total. The minimum atomic E-state index is -1.02. The van der Waals surface area contributed by atoms with E-state index in [1.165, 1.54) is 36.6 Å². The third-order valence-electron chi connectivity index (χ3n) is 6.39. The number of amidine groups is 1. The van der Waals surface area contributed by atoms with Crippen LogP contribution in [0.25, 0.3) is 0 Å². The molecular formula is C24H24ClFN4O5S. The van der Waals surface area contributed by atoms with E-state index in [1.54, 1.807) is 4.90 Å². The van der Waals surface area contributed by atoms with Crippen LogP contribution < -0.4 is 5.32 Å². The Morgan fingerprint density at radius 3 is 2.89 bits per heavy atom. The number of aliphatic carboxylic acids is 1. The topological polar surface area (TPSA) is 113 Å². The lowest BCUT2D eigenvalue weighted by atomic mass is 9.95. The van der Waals surface area contributed by atoms with E-state index >= 15 is 0 Å². The van der Waals surface area contributed by atoms with Crippen LogP contribution in [0.4, 0.5) is 4.39 Å². The van der Waals surface area contributed by atoms with E-state index in [0.29, 0.717) is 41.2 Å². The van der Waals surface area contributed by atoms with Gasteiger partial charge < -0.3 is 19.9 Å². The number of methoxy groups -OCH3 is 1.